The van der Waals surface area contributed by atoms with Crippen LogP contribution in [0.1, 0.15) is 17.3 Å². The number of aryl methyl sites for hydroxylation is 1. The lowest BCUT2D eigenvalue weighted by Crippen LogP contribution is -2.30. The summed E-state index contributed by atoms with van der Waals surface area (Å²) in [6.07, 6.45) is 0. The summed E-state index contributed by atoms with van der Waals surface area (Å²) in [7, 11) is 1.86. The first-order valence-corrected chi connectivity index (χ1v) is 6.79. The fraction of sp³-hybridized carbons (Fsp3) is 0.333. The largest absolute Gasteiger partial charge is 0.454 e. The van der Waals surface area contributed by atoms with E-state index < -0.39 is 0 Å². The van der Waals surface area contributed by atoms with Crippen molar-refractivity contribution in [1.29, 1.82) is 0 Å². The molecule has 0 radical (unpaired) electrons. The van der Waals surface area contributed by atoms with Gasteiger partial charge < -0.3 is 14.8 Å². The first-order valence-electron chi connectivity index (χ1n) is 6.79. The van der Waals surface area contributed by atoms with Crippen molar-refractivity contribution in [1.82, 2.24) is 15.1 Å². The summed E-state index contributed by atoms with van der Waals surface area (Å²) >= 11 is 0. The zero-order valence-electron chi connectivity index (χ0n) is 12.0. The van der Waals surface area contributed by atoms with Crippen LogP contribution in [0.25, 0.3) is 0 Å². The van der Waals surface area contributed by atoms with E-state index in [-0.39, 0.29) is 18.4 Å². The van der Waals surface area contributed by atoms with Gasteiger partial charge in [0.15, 0.2) is 11.5 Å². The number of benzene rings is 1. The highest BCUT2D eigenvalue weighted by Gasteiger charge is 2.18. The highest BCUT2D eigenvalue weighted by Crippen LogP contribution is 2.34. The predicted octanol–water partition coefficient (Wildman–Crippen LogP) is 1.24. The van der Waals surface area contributed by atoms with Crippen molar-refractivity contribution < 1.29 is 9.47 Å². The molecule has 0 fully saturated rings. The smallest absolute Gasteiger partial charge is 0.266 e. The minimum atomic E-state index is -0.110. The van der Waals surface area contributed by atoms with Gasteiger partial charge in [-0.05, 0) is 37.7 Å². The summed E-state index contributed by atoms with van der Waals surface area (Å²) in [5.74, 6) is 1.48. The van der Waals surface area contributed by atoms with Crippen molar-refractivity contribution in [3.8, 4) is 11.5 Å². The Bertz CT molecular complexity index is 712. The van der Waals surface area contributed by atoms with E-state index in [1.807, 2.05) is 32.2 Å². The molecule has 6 nitrogen and oxygen atoms in total. The fourth-order valence-corrected chi connectivity index (χ4v) is 2.35. The van der Waals surface area contributed by atoms with Crippen LogP contribution >= 0.6 is 0 Å². The average Bonchev–Trinajstić information content (AvgIpc) is 2.95. The molecule has 0 saturated heterocycles. The molecule has 2 aromatic rings. The normalized spacial score (nSPS) is 14.2. The topological polar surface area (TPSA) is 65.4 Å². The summed E-state index contributed by atoms with van der Waals surface area (Å²) in [5.41, 5.74) is 1.73. The first-order chi connectivity index (χ1) is 10.2. The van der Waals surface area contributed by atoms with E-state index in [0.29, 0.717) is 6.54 Å². The van der Waals surface area contributed by atoms with Crippen LogP contribution in [-0.2, 0) is 6.54 Å². The van der Waals surface area contributed by atoms with Gasteiger partial charge in [0.1, 0.15) is 0 Å². The number of hydrogen-bond acceptors (Lipinski definition) is 5. The molecular formula is C15H17N3O3. The van der Waals surface area contributed by atoms with Crippen LogP contribution in [-0.4, -0.2) is 23.6 Å². The summed E-state index contributed by atoms with van der Waals surface area (Å²) in [6.45, 7) is 2.57. The second-order valence-corrected chi connectivity index (χ2v) is 4.95. The van der Waals surface area contributed by atoms with E-state index >= 15 is 0 Å². The van der Waals surface area contributed by atoms with Crippen LogP contribution in [0.3, 0.4) is 0 Å². The second-order valence-electron chi connectivity index (χ2n) is 4.95. The van der Waals surface area contributed by atoms with Crippen molar-refractivity contribution in [2.24, 2.45) is 0 Å². The minimum absolute atomic E-state index is 0.0356. The highest BCUT2D eigenvalue weighted by molar-refractivity contribution is 5.45. The molecule has 1 unspecified atom stereocenters. The number of likely N-dealkylation sites (N-methyl/N-ethyl adjacent to an activating group) is 1. The summed E-state index contributed by atoms with van der Waals surface area (Å²) in [4.78, 5) is 11.9. The molecule has 1 aliphatic heterocycles. The van der Waals surface area contributed by atoms with E-state index in [0.717, 1.165) is 22.8 Å². The van der Waals surface area contributed by atoms with Gasteiger partial charge in [0, 0.05) is 6.07 Å². The average molecular weight is 287 g/mol. The number of aromatic nitrogens is 2. The number of hydrogen-bond donors (Lipinski definition) is 1. The van der Waals surface area contributed by atoms with E-state index in [1.54, 1.807) is 6.07 Å². The number of nitrogens with one attached hydrogen (secondary N) is 1. The van der Waals surface area contributed by atoms with Crippen molar-refractivity contribution in [2.75, 3.05) is 13.8 Å². The summed E-state index contributed by atoms with van der Waals surface area (Å²) < 4.78 is 12.2. The van der Waals surface area contributed by atoms with Gasteiger partial charge in [-0.2, -0.15) is 5.10 Å². The Balaban J connectivity index is 1.88. The molecular weight excluding hydrogens is 270 g/mol. The highest BCUT2D eigenvalue weighted by atomic mass is 16.7. The Morgan fingerprint density at radius 2 is 2.10 bits per heavy atom. The molecule has 1 atom stereocenters. The van der Waals surface area contributed by atoms with Crippen LogP contribution in [0.5, 0.6) is 11.5 Å². The molecule has 0 aliphatic carbocycles. The molecule has 1 aliphatic rings. The molecule has 1 N–H and O–H groups in total. The molecule has 110 valence electrons. The van der Waals surface area contributed by atoms with Crippen molar-refractivity contribution in [2.45, 2.75) is 19.5 Å². The fourth-order valence-electron chi connectivity index (χ4n) is 2.35. The standard InChI is InChI=1S/C15H17N3O3/c1-10-3-6-15(19)18(17-10)8-12(16-2)11-4-5-13-14(7-11)21-9-20-13/h3-7,12,16H,8-9H2,1-2H3. The Hall–Kier alpha value is -2.34. The Labute approximate surface area is 122 Å². The lowest BCUT2D eigenvalue weighted by Gasteiger charge is -2.18. The maximum absolute atomic E-state index is 11.9. The van der Waals surface area contributed by atoms with Gasteiger partial charge in [-0.25, -0.2) is 4.68 Å². The van der Waals surface area contributed by atoms with E-state index in [1.165, 1.54) is 10.7 Å². The molecule has 0 spiro atoms. The van der Waals surface area contributed by atoms with Crippen molar-refractivity contribution >= 4 is 0 Å². The van der Waals surface area contributed by atoms with Crippen molar-refractivity contribution in [3.63, 3.8) is 0 Å². The molecule has 21 heavy (non-hydrogen) atoms. The van der Waals surface area contributed by atoms with Gasteiger partial charge in [0.05, 0.1) is 18.3 Å². The van der Waals surface area contributed by atoms with E-state index in [2.05, 4.69) is 10.4 Å². The number of fused-ring (bicyclic) bond motifs is 1. The molecule has 0 bridgehead atoms. The minimum Gasteiger partial charge on any atom is -0.454 e. The maximum Gasteiger partial charge on any atom is 0.266 e. The Morgan fingerprint density at radius 3 is 2.90 bits per heavy atom. The first kappa shape index (κ1) is 13.6. The molecule has 1 aromatic carbocycles. The quantitative estimate of drug-likeness (QED) is 0.916. The molecule has 6 heteroatoms. The molecule has 0 saturated carbocycles. The summed E-state index contributed by atoms with van der Waals surface area (Å²) in [5, 5.41) is 7.48. The SMILES string of the molecule is CNC(Cn1nc(C)ccc1=O)c1ccc2c(c1)OCO2. The van der Waals surface area contributed by atoms with Gasteiger partial charge in [0.25, 0.3) is 5.56 Å². The Kier molecular flexibility index (Phi) is 3.62. The van der Waals surface area contributed by atoms with Crippen LogP contribution < -0.4 is 20.3 Å². The van der Waals surface area contributed by atoms with Gasteiger partial charge >= 0.3 is 0 Å². The van der Waals surface area contributed by atoms with Crippen LogP contribution in [0, 0.1) is 6.92 Å². The van der Waals surface area contributed by atoms with E-state index in [4.69, 9.17) is 9.47 Å². The zero-order chi connectivity index (χ0) is 14.8. The van der Waals surface area contributed by atoms with Crippen molar-refractivity contribution in [3.05, 3.63) is 51.9 Å². The lowest BCUT2D eigenvalue weighted by molar-refractivity contribution is 0.174. The monoisotopic (exact) mass is 287 g/mol. The number of ether oxygens (including phenoxy) is 2. The van der Waals surface area contributed by atoms with E-state index in [9.17, 15) is 4.79 Å². The Morgan fingerprint density at radius 1 is 1.29 bits per heavy atom. The second kappa shape index (κ2) is 5.57. The third kappa shape index (κ3) is 2.75. The third-order valence-electron chi connectivity index (χ3n) is 3.50. The predicted molar refractivity (Wildman–Crippen MR) is 77.6 cm³/mol. The lowest BCUT2D eigenvalue weighted by atomic mass is 10.1. The zero-order valence-corrected chi connectivity index (χ0v) is 12.0. The maximum atomic E-state index is 11.9. The third-order valence-corrected chi connectivity index (χ3v) is 3.50. The van der Waals surface area contributed by atoms with Crippen LogP contribution in [0.2, 0.25) is 0 Å². The van der Waals surface area contributed by atoms with Gasteiger partial charge in [-0.15, -0.1) is 0 Å². The molecule has 3 rings (SSSR count). The summed E-state index contributed by atoms with van der Waals surface area (Å²) in [6, 6.07) is 9.00. The number of nitrogens with zero attached hydrogens (tertiary/aromatic N) is 2. The van der Waals surface area contributed by atoms with Crippen LogP contribution in [0.4, 0.5) is 0 Å². The molecule has 2 heterocycles. The number of rotatable bonds is 4. The van der Waals surface area contributed by atoms with Gasteiger partial charge in [-0.3, -0.25) is 4.79 Å². The molecule has 0 amide bonds. The molecule has 1 aromatic heterocycles. The van der Waals surface area contributed by atoms with Crippen LogP contribution in [0.15, 0.2) is 35.1 Å². The van der Waals surface area contributed by atoms with Gasteiger partial charge in [-0.1, -0.05) is 6.07 Å². The van der Waals surface area contributed by atoms with Gasteiger partial charge in [0.2, 0.25) is 6.79 Å².